The topological polar surface area (TPSA) is 58.6 Å². The number of nitrogens with zero attached hydrogens (tertiary/aromatic N) is 1. The standard InChI is InChI=1S/C16H26N2O3S/c1-13(2)10-18-9-8-17-16(11-18)15-6-4-14(5-7-15)12-21-22(3,19)20/h4-7,13,16-17H,8-12H2,1-3H3. The molecule has 22 heavy (non-hydrogen) atoms. The number of nitrogens with one attached hydrogen (secondary N) is 1. The van der Waals surface area contributed by atoms with Crippen molar-refractivity contribution < 1.29 is 12.6 Å². The van der Waals surface area contributed by atoms with Crippen LogP contribution < -0.4 is 5.32 Å². The van der Waals surface area contributed by atoms with Crippen LogP contribution in [0.1, 0.15) is 31.0 Å². The molecule has 0 bridgehead atoms. The number of benzene rings is 1. The van der Waals surface area contributed by atoms with Crippen LogP contribution in [0, 0.1) is 5.92 Å². The fourth-order valence-corrected chi connectivity index (χ4v) is 3.09. The minimum atomic E-state index is -3.39. The van der Waals surface area contributed by atoms with Crippen molar-refractivity contribution in [3.05, 3.63) is 35.4 Å². The average molecular weight is 326 g/mol. The van der Waals surface area contributed by atoms with Crippen LogP contribution >= 0.6 is 0 Å². The van der Waals surface area contributed by atoms with Gasteiger partial charge in [-0.25, -0.2) is 0 Å². The summed E-state index contributed by atoms with van der Waals surface area (Å²) in [5, 5.41) is 3.55. The summed E-state index contributed by atoms with van der Waals surface area (Å²) < 4.78 is 26.8. The van der Waals surface area contributed by atoms with E-state index in [1.165, 1.54) is 5.56 Å². The molecule has 1 atom stereocenters. The first-order valence-corrected chi connectivity index (χ1v) is 9.54. The first kappa shape index (κ1) is 17.4. The molecule has 0 spiro atoms. The van der Waals surface area contributed by atoms with Crippen LogP contribution in [0.15, 0.2) is 24.3 Å². The SMILES string of the molecule is CC(C)CN1CCNC(c2ccc(COS(C)(=O)=O)cc2)C1. The van der Waals surface area contributed by atoms with E-state index in [4.69, 9.17) is 4.18 Å². The first-order chi connectivity index (χ1) is 10.3. The Kier molecular flexibility index (Phi) is 5.97. The first-order valence-electron chi connectivity index (χ1n) is 7.72. The van der Waals surface area contributed by atoms with Crippen molar-refractivity contribution in [3.63, 3.8) is 0 Å². The van der Waals surface area contributed by atoms with E-state index >= 15 is 0 Å². The predicted octanol–water partition coefficient (Wildman–Crippen LogP) is 1.77. The lowest BCUT2D eigenvalue weighted by Gasteiger charge is -2.35. The van der Waals surface area contributed by atoms with Gasteiger partial charge in [-0.1, -0.05) is 38.1 Å². The Bertz CT molecular complexity index is 570. The molecule has 5 nitrogen and oxygen atoms in total. The van der Waals surface area contributed by atoms with Crippen LogP contribution in [-0.2, 0) is 20.9 Å². The van der Waals surface area contributed by atoms with Gasteiger partial charge in [0.2, 0.25) is 0 Å². The van der Waals surface area contributed by atoms with Gasteiger partial charge >= 0.3 is 0 Å². The van der Waals surface area contributed by atoms with Crippen molar-refractivity contribution >= 4 is 10.1 Å². The Morgan fingerprint density at radius 3 is 2.59 bits per heavy atom. The Labute approximate surface area is 133 Å². The Morgan fingerprint density at radius 2 is 2.00 bits per heavy atom. The summed E-state index contributed by atoms with van der Waals surface area (Å²) in [5.74, 6) is 0.675. The van der Waals surface area contributed by atoms with Gasteiger partial charge in [0.25, 0.3) is 10.1 Å². The van der Waals surface area contributed by atoms with E-state index in [9.17, 15) is 8.42 Å². The van der Waals surface area contributed by atoms with Crippen LogP contribution in [0.5, 0.6) is 0 Å². The highest BCUT2D eigenvalue weighted by Crippen LogP contribution is 2.19. The molecule has 0 amide bonds. The maximum Gasteiger partial charge on any atom is 0.264 e. The molecule has 1 fully saturated rings. The van der Waals surface area contributed by atoms with Crippen molar-refractivity contribution in [2.24, 2.45) is 5.92 Å². The maximum atomic E-state index is 11.0. The van der Waals surface area contributed by atoms with E-state index < -0.39 is 10.1 Å². The lowest BCUT2D eigenvalue weighted by atomic mass is 10.0. The number of hydrogen-bond acceptors (Lipinski definition) is 5. The number of rotatable bonds is 6. The molecule has 1 N–H and O–H groups in total. The van der Waals surface area contributed by atoms with Gasteiger partial charge in [0.1, 0.15) is 0 Å². The van der Waals surface area contributed by atoms with Crippen LogP contribution in [0.4, 0.5) is 0 Å². The average Bonchev–Trinajstić information content (AvgIpc) is 2.44. The molecule has 1 aromatic carbocycles. The summed E-state index contributed by atoms with van der Waals surface area (Å²) in [7, 11) is -3.39. The second-order valence-electron chi connectivity index (χ2n) is 6.37. The molecule has 1 aromatic rings. The summed E-state index contributed by atoms with van der Waals surface area (Å²) in [6.07, 6.45) is 1.07. The van der Waals surface area contributed by atoms with Gasteiger partial charge in [-0.15, -0.1) is 0 Å². The molecular weight excluding hydrogens is 300 g/mol. The van der Waals surface area contributed by atoms with Gasteiger partial charge < -0.3 is 5.32 Å². The van der Waals surface area contributed by atoms with Gasteiger partial charge in [0, 0.05) is 32.2 Å². The molecule has 1 saturated heterocycles. The van der Waals surface area contributed by atoms with E-state index in [2.05, 4.69) is 36.2 Å². The van der Waals surface area contributed by atoms with E-state index in [0.29, 0.717) is 12.0 Å². The molecule has 124 valence electrons. The Morgan fingerprint density at radius 1 is 1.32 bits per heavy atom. The van der Waals surface area contributed by atoms with Crippen molar-refractivity contribution in [2.45, 2.75) is 26.5 Å². The Hall–Kier alpha value is -0.950. The fourth-order valence-electron chi connectivity index (χ4n) is 2.74. The minimum Gasteiger partial charge on any atom is -0.308 e. The molecule has 6 heteroatoms. The zero-order chi connectivity index (χ0) is 16.2. The van der Waals surface area contributed by atoms with Gasteiger partial charge in [0.05, 0.1) is 12.9 Å². The van der Waals surface area contributed by atoms with Gasteiger partial charge in [-0.3, -0.25) is 9.08 Å². The predicted molar refractivity (Wildman–Crippen MR) is 88.1 cm³/mol. The summed E-state index contributed by atoms with van der Waals surface area (Å²) in [6, 6.07) is 8.31. The molecule has 0 aromatic heterocycles. The largest absolute Gasteiger partial charge is 0.308 e. The molecule has 1 aliphatic rings. The third-order valence-corrected chi connectivity index (χ3v) is 4.25. The van der Waals surface area contributed by atoms with Crippen molar-refractivity contribution in [1.29, 1.82) is 0 Å². The summed E-state index contributed by atoms with van der Waals surface area (Å²) >= 11 is 0. The van der Waals surface area contributed by atoms with Gasteiger partial charge in [0.15, 0.2) is 0 Å². The lowest BCUT2D eigenvalue weighted by Crippen LogP contribution is -2.46. The monoisotopic (exact) mass is 326 g/mol. The second-order valence-corrected chi connectivity index (χ2v) is 8.01. The van der Waals surface area contributed by atoms with Crippen LogP contribution in [-0.4, -0.2) is 45.8 Å². The van der Waals surface area contributed by atoms with Crippen molar-refractivity contribution in [2.75, 3.05) is 32.4 Å². The van der Waals surface area contributed by atoms with Crippen molar-refractivity contribution in [3.8, 4) is 0 Å². The van der Waals surface area contributed by atoms with Crippen LogP contribution in [0.3, 0.4) is 0 Å². The van der Waals surface area contributed by atoms with E-state index in [1.54, 1.807) is 0 Å². The van der Waals surface area contributed by atoms with Crippen LogP contribution in [0.2, 0.25) is 0 Å². The third-order valence-electron chi connectivity index (χ3n) is 3.70. The maximum absolute atomic E-state index is 11.0. The molecule has 1 unspecified atom stereocenters. The second kappa shape index (κ2) is 7.55. The summed E-state index contributed by atoms with van der Waals surface area (Å²) in [4.78, 5) is 2.49. The minimum absolute atomic E-state index is 0.0939. The summed E-state index contributed by atoms with van der Waals surface area (Å²) in [6.45, 7) is 8.80. The molecule has 1 aliphatic heterocycles. The normalized spacial score (nSPS) is 20.5. The third kappa shape index (κ3) is 5.68. The lowest BCUT2D eigenvalue weighted by molar-refractivity contribution is 0.182. The smallest absolute Gasteiger partial charge is 0.264 e. The molecule has 2 rings (SSSR count). The van der Waals surface area contributed by atoms with Crippen molar-refractivity contribution in [1.82, 2.24) is 10.2 Å². The van der Waals surface area contributed by atoms with E-state index in [0.717, 1.165) is 38.0 Å². The zero-order valence-corrected chi connectivity index (χ0v) is 14.4. The quantitative estimate of drug-likeness (QED) is 0.807. The molecule has 0 saturated carbocycles. The molecule has 0 aliphatic carbocycles. The van der Waals surface area contributed by atoms with Crippen LogP contribution in [0.25, 0.3) is 0 Å². The number of hydrogen-bond donors (Lipinski definition) is 1. The number of piperazine rings is 1. The van der Waals surface area contributed by atoms with Gasteiger partial charge in [-0.05, 0) is 17.0 Å². The van der Waals surface area contributed by atoms with Gasteiger partial charge in [-0.2, -0.15) is 8.42 Å². The van der Waals surface area contributed by atoms with E-state index in [-0.39, 0.29) is 6.61 Å². The highest BCUT2D eigenvalue weighted by Gasteiger charge is 2.21. The van der Waals surface area contributed by atoms with E-state index in [1.807, 2.05) is 12.1 Å². The molecule has 1 heterocycles. The fraction of sp³-hybridized carbons (Fsp3) is 0.625. The molecule has 0 radical (unpaired) electrons. The summed E-state index contributed by atoms with van der Waals surface area (Å²) in [5.41, 5.74) is 2.10. The molecular formula is C16H26N2O3S. The zero-order valence-electron chi connectivity index (χ0n) is 13.6. The Balaban J connectivity index is 1.94. The highest BCUT2D eigenvalue weighted by atomic mass is 32.2. The highest BCUT2D eigenvalue weighted by molar-refractivity contribution is 7.85.